The number of nitrogens with zero attached hydrogens (tertiary/aromatic N) is 3. The fourth-order valence-electron chi connectivity index (χ4n) is 2.70. The highest BCUT2D eigenvalue weighted by Crippen LogP contribution is 2.40. The Morgan fingerprint density at radius 2 is 2.09 bits per heavy atom. The first-order chi connectivity index (χ1) is 10.5. The standard InChI is InChI=1S/C17H27N3O3/c1-7-8-13(21)11-9-12-14(19-18-11)17(5,6)10-20(12)15(22)23-16(2,3)4/h9,13,21H,7-8,10H2,1-6H3. The van der Waals surface area contributed by atoms with Gasteiger partial charge in [0.15, 0.2) is 0 Å². The SMILES string of the molecule is CCCC(O)c1cc2c(nn1)C(C)(C)CN2C(=O)OC(C)(C)C. The second-order valence-electron chi connectivity index (χ2n) is 7.76. The summed E-state index contributed by atoms with van der Waals surface area (Å²) >= 11 is 0. The Kier molecular flexibility index (Phi) is 4.66. The maximum atomic E-state index is 12.5. The molecule has 0 fully saturated rings. The van der Waals surface area contributed by atoms with Crippen molar-refractivity contribution in [3.05, 3.63) is 17.5 Å². The molecule has 1 aliphatic heterocycles. The van der Waals surface area contributed by atoms with Crippen molar-refractivity contribution in [3.63, 3.8) is 0 Å². The van der Waals surface area contributed by atoms with Gasteiger partial charge in [-0.15, -0.1) is 0 Å². The number of aliphatic hydroxyl groups is 1. The number of hydrogen-bond acceptors (Lipinski definition) is 5. The molecule has 0 bridgehead atoms. The van der Waals surface area contributed by atoms with Crippen LogP contribution in [0.4, 0.5) is 10.5 Å². The van der Waals surface area contributed by atoms with Gasteiger partial charge in [-0.3, -0.25) is 4.90 Å². The summed E-state index contributed by atoms with van der Waals surface area (Å²) in [5.41, 5.74) is 1.08. The number of amides is 1. The van der Waals surface area contributed by atoms with Gasteiger partial charge in [-0.25, -0.2) is 4.79 Å². The summed E-state index contributed by atoms with van der Waals surface area (Å²) in [4.78, 5) is 14.1. The zero-order valence-electron chi connectivity index (χ0n) is 14.9. The van der Waals surface area contributed by atoms with Gasteiger partial charge in [0, 0.05) is 12.0 Å². The number of hydrogen-bond donors (Lipinski definition) is 1. The van der Waals surface area contributed by atoms with Gasteiger partial charge in [0.05, 0.1) is 23.2 Å². The molecule has 6 nitrogen and oxygen atoms in total. The number of carbonyl (C=O) groups is 1. The van der Waals surface area contributed by atoms with Crippen molar-refractivity contribution < 1.29 is 14.6 Å². The van der Waals surface area contributed by atoms with E-state index in [4.69, 9.17) is 4.74 Å². The Labute approximate surface area is 137 Å². The van der Waals surface area contributed by atoms with Gasteiger partial charge >= 0.3 is 6.09 Å². The highest BCUT2D eigenvalue weighted by Gasteiger charge is 2.42. The first-order valence-corrected chi connectivity index (χ1v) is 8.12. The molecule has 128 valence electrons. The lowest BCUT2D eigenvalue weighted by molar-refractivity contribution is 0.0579. The molecule has 0 spiro atoms. The van der Waals surface area contributed by atoms with Crippen molar-refractivity contribution in [2.45, 2.75) is 71.5 Å². The van der Waals surface area contributed by atoms with Crippen molar-refractivity contribution in [2.24, 2.45) is 0 Å². The van der Waals surface area contributed by atoms with Gasteiger partial charge in [-0.05, 0) is 33.3 Å². The van der Waals surface area contributed by atoms with Crippen LogP contribution in [0.1, 0.15) is 71.9 Å². The molecule has 0 saturated carbocycles. The quantitative estimate of drug-likeness (QED) is 0.924. The van der Waals surface area contributed by atoms with Gasteiger partial charge < -0.3 is 9.84 Å². The third kappa shape index (κ3) is 3.80. The lowest BCUT2D eigenvalue weighted by Gasteiger charge is -2.25. The second-order valence-corrected chi connectivity index (χ2v) is 7.76. The largest absolute Gasteiger partial charge is 0.443 e. The van der Waals surface area contributed by atoms with E-state index < -0.39 is 17.8 Å². The van der Waals surface area contributed by atoms with Crippen LogP contribution in [0.15, 0.2) is 6.07 Å². The van der Waals surface area contributed by atoms with E-state index in [9.17, 15) is 9.90 Å². The fraction of sp³-hybridized carbons (Fsp3) is 0.706. The van der Waals surface area contributed by atoms with E-state index >= 15 is 0 Å². The Morgan fingerprint density at radius 3 is 2.65 bits per heavy atom. The van der Waals surface area contributed by atoms with E-state index in [0.29, 0.717) is 24.3 Å². The molecule has 6 heteroatoms. The maximum Gasteiger partial charge on any atom is 0.414 e. The predicted molar refractivity (Wildman–Crippen MR) is 88.5 cm³/mol. The van der Waals surface area contributed by atoms with Crippen LogP contribution in [-0.2, 0) is 10.2 Å². The average Bonchev–Trinajstić information content (AvgIpc) is 2.69. The summed E-state index contributed by atoms with van der Waals surface area (Å²) in [6.45, 7) is 12.1. The zero-order chi connectivity index (χ0) is 17.4. The summed E-state index contributed by atoms with van der Waals surface area (Å²) in [5.74, 6) is 0. The minimum Gasteiger partial charge on any atom is -0.443 e. The van der Waals surface area contributed by atoms with E-state index in [1.54, 1.807) is 11.0 Å². The van der Waals surface area contributed by atoms with Crippen LogP contribution < -0.4 is 4.90 Å². The summed E-state index contributed by atoms with van der Waals surface area (Å²) in [6, 6.07) is 1.77. The molecule has 1 aliphatic rings. The van der Waals surface area contributed by atoms with Crippen LogP contribution in [0, 0.1) is 0 Å². The van der Waals surface area contributed by atoms with Gasteiger partial charge in [-0.1, -0.05) is 27.2 Å². The molecule has 1 amide bonds. The molecule has 0 radical (unpaired) electrons. The van der Waals surface area contributed by atoms with E-state index in [-0.39, 0.29) is 5.41 Å². The molecule has 1 aromatic heterocycles. The molecule has 1 atom stereocenters. The Hall–Kier alpha value is -1.69. The molecule has 0 aromatic carbocycles. The predicted octanol–water partition coefficient (Wildman–Crippen LogP) is 3.34. The van der Waals surface area contributed by atoms with Crippen LogP contribution in [-0.4, -0.2) is 33.5 Å². The molecule has 1 aromatic rings. The number of rotatable bonds is 3. The molecule has 0 saturated heterocycles. The van der Waals surface area contributed by atoms with E-state index in [2.05, 4.69) is 10.2 Å². The third-order valence-electron chi connectivity index (χ3n) is 3.80. The number of ether oxygens (including phenoxy) is 1. The number of aromatic nitrogens is 2. The molecular weight excluding hydrogens is 294 g/mol. The lowest BCUT2D eigenvalue weighted by atomic mass is 9.91. The highest BCUT2D eigenvalue weighted by atomic mass is 16.6. The van der Waals surface area contributed by atoms with Gasteiger partial charge in [0.2, 0.25) is 0 Å². The van der Waals surface area contributed by atoms with Crippen molar-refractivity contribution in [1.29, 1.82) is 0 Å². The zero-order valence-corrected chi connectivity index (χ0v) is 14.9. The number of carbonyl (C=O) groups excluding carboxylic acids is 1. The van der Waals surface area contributed by atoms with Gasteiger partial charge in [0.1, 0.15) is 5.60 Å². The molecule has 0 aliphatic carbocycles. The Bertz CT molecular complexity index is 593. The molecule has 1 N–H and O–H groups in total. The van der Waals surface area contributed by atoms with Crippen molar-refractivity contribution in [2.75, 3.05) is 11.4 Å². The van der Waals surface area contributed by atoms with Crippen LogP contribution in [0.2, 0.25) is 0 Å². The van der Waals surface area contributed by atoms with Crippen LogP contribution in [0.3, 0.4) is 0 Å². The minimum absolute atomic E-state index is 0.298. The molecule has 2 rings (SSSR count). The molecular formula is C17H27N3O3. The minimum atomic E-state index is -0.665. The monoisotopic (exact) mass is 321 g/mol. The summed E-state index contributed by atoms with van der Waals surface area (Å²) in [7, 11) is 0. The van der Waals surface area contributed by atoms with Crippen molar-refractivity contribution >= 4 is 11.8 Å². The summed E-state index contributed by atoms with van der Waals surface area (Å²) in [5, 5.41) is 18.6. The topological polar surface area (TPSA) is 75.6 Å². The van der Waals surface area contributed by atoms with Crippen LogP contribution in [0.5, 0.6) is 0 Å². The first-order valence-electron chi connectivity index (χ1n) is 8.12. The summed E-state index contributed by atoms with van der Waals surface area (Å²) in [6.07, 6.45) is 0.403. The Morgan fingerprint density at radius 1 is 1.43 bits per heavy atom. The summed E-state index contributed by atoms with van der Waals surface area (Å²) < 4.78 is 5.50. The van der Waals surface area contributed by atoms with E-state index in [1.165, 1.54) is 0 Å². The first kappa shape index (κ1) is 17.7. The van der Waals surface area contributed by atoms with Gasteiger partial charge in [0.25, 0.3) is 0 Å². The lowest BCUT2D eigenvalue weighted by Crippen LogP contribution is -2.38. The number of fused-ring (bicyclic) bond motifs is 1. The van der Waals surface area contributed by atoms with Crippen molar-refractivity contribution in [3.8, 4) is 0 Å². The fourth-order valence-corrected chi connectivity index (χ4v) is 2.70. The van der Waals surface area contributed by atoms with Crippen LogP contribution in [0.25, 0.3) is 0 Å². The van der Waals surface area contributed by atoms with Gasteiger partial charge in [-0.2, -0.15) is 10.2 Å². The Balaban J connectivity index is 2.37. The van der Waals surface area contributed by atoms with Crippen molar-refractivity contribution in [1.82, 2.24) is 10.2 Å². The molecule has 1 unspecified atom stereocenters. The highest BCUT2D eigenvalue weighted by molar-refractivity contribution is 5.91. The van der Waals surface area contributed by atoms with E-state index in [1.807, 2.05) is 41.5 Å². The molecule has 2 heterocycles. The smallest absolute Gasteiger partial charge is 0.414 e. The number of anilines is 1. The normalized spacial score (nSPS) is 17.8. The maximum absolute atomic E-state index is 12.5. The van der Waals surface area contributed by atoms with Crippen LogP contribution >= 0.6 is 0 Å². The van der Waals surface area contributed by atoms with E-state index in [0.717, 1.165) is 12.1 Å². The number of aliphatic hydroxyl groups excluding tert-OH is 1. The molecule has 23 heavy (non-hydrogen) atoms. The average molecular weight is 321 g/mol. The third-order valence-corrected chi connectivity index (χ3v) is 3.80. The second kappa shape index (κ2) is 6.07.